The lowest BCUT2D eigenvalue weighted by atomic mass is 10.0. The highest BCUT2D eigenvalue weighted by atomic mass is 19.1. The highest BCUT2D eigenvalue weighted by molar-refractivity contribution is 5.86. The first-order valence-corrected chi connectivity index (χ1v) is 9.49. The zero-order valence-corrected chi connectivity index (χ0v) is 15.5. The van der Waals surface area contributed by atoms with E-state index in [9.17, 15) is 14.4 Å². The second kappa shape index (κ2) is 7.41. The number of hydrogen-bond acceptors (Lipinski definition) is 3. The topological polar surface area (TPSA) is 44.1 Å². The molecule has 2 aliphatic rings. The summed E-state index contributed by atoms with van der Waals surface area (Å²) in [5.41, 5.74) is 3.55. The maximum Gasteiger partial charge on any atom is 0.204 e. The average molecular weight is 374 g/mol. The van der Waals surface area contributed by atoms with Gasteiger partial charge < -0.3 is 4.90 Å². The second-order valence-electron chi connectivity index (χ2n) is 7.11. The molecular weight excluding hydrogens is 353 g/mol. The van der Waals surface area contributed by atoms with Crippen LogP contribution in [0.25, 0.3) is 0 Å². The zero-order chi connectivity index (χ0) is 19.6. The van der Waals surface area contributed by atoms with Crippen LogP contribution in [0.15, 0.2) is 66.5 Å². The van der Waals surface area contributed by atoms with Crippen molar-refractivity contribution >= 4 is 23.3 Å². The van der Waals surface area contributed by atoms with Gasteiger partial charge in [0.05, 0.1) is 11.3 Å². The van der Waals surface area contributed by atoms with Crippen LogP contribution in [0.4, 0.5) is 21.5 Å². The molecule has 1 unspecified atom stereocenters. The highest BCUT2D eigenvalue weighted by Gasteiger charge is 2.39. The maximum atomic E-state index is 13.5. The number of nitrogens with zero attached hydrogens (tertiary/aromatic N) is 3. The van der Waals surface area contributed by atoms with Crippen molar-refractivity contribution in [3.63, 3.8) is 0 Å². The van der Waals surface area contributed by atoms with E-state index in [1.54, 1.807) is 18.2 Å². The van der Waals surface area contributed by atoms with Crippen molar-refractivity contribution < 1.29 is 9.18 Å². The quantitative estimate of drug-likeness (QED) is 0.563. The van der Waals surface area contributed by atoms with Gasteiger partial charge in [0.15, 0.2) is 5.70 Å². The third-order valence-electron chi connectivity index (χ3n) is 5.54. The molecule has 0 saturated carbocycles. The molecule has 2 heterocycles. The molecule has 140 valence electrons. The van der Waals surface area contributed by atoms with Gasteiger partial charge in [0.1, 0.15) is 29.5 Å². The van der Waals surface area contributed by atoms with Crippen LogP contribution in [0.3, 0.4) is 0 Å². The first-order valence-electron chi connectivity index (χ1n) is 9.49. The molecule has 0 spiro atoms. The summed E-state index contributed by atoms with van der Waals surface area (Å²) in [7, 11) is 0. The van der Waals surface area contributed by atoms with Gasteiger partial charge in [-0.05, 0) is 43.5 Å². The van der Waals surface area contributed by atoms with Crippen LogP contribution in [0.1, 0.15) is 24.8 Å². The molecule has 2 aliphatic heterocycles. The Morgan fingerprint density at radius 1 is 1.04 bits per heavy atom. The summed E-state index contributed by atoms with van der Waals surface area (Å²) in [6.45, 7) is 1.90. The van der Waals surface area contributed by atoms with Gasteiger partial charge in [0.25, 0.3) is 0 Å². The van der Waals surface area contributed by atoms with Gasteiger partial charge in [-0.2, -0.15) is 9.74 Å². The molecule has 0 amide bonds. The van der Waals surface area contributed by atoms with Crippen molar-refractivity contribution in [2.45, 2.75) is 19.3 Å². The van der Waals surface area contributed by atoms with Crippen LogP contribution in [0, 0.1) is 17.1 Å². The van der Waals surface area contributed by atoms with E-state index in [-0.39, 0.29) is 10.3 Å². The van der Waals surface area contributed by atoms with E-state index in [1.807, 2.05) is 30.5 Å². The Morgan fingerprint density at radius 2 is 1.75 bits per heavy atom. The molecule has 5 heteroatoms. The van der Waals surface area contributed by atoms with Crippen molar-refractivity contribution in [1.82, 2.24) is 4.48 Å². The molecule has 4 rings (SSSR count). The van der Waals surface area contributed by atoms with Crippen molar-refractivity contribution in [3.8, 4) is 6.07 Å². The molecule has 1 saturated heterocycles. The van der Waals surface area contributed by atoms with E-state index in [1.165, 1.54) is 18.6 Å². The summed E-state index contributed by atoms with van der Waals surface area (Å²) in [5.74, 6) is -0.333. The number of hydrogen-bond donors (Lipinski definition) is 0. The third-order valence-corrected chi connectivity index (χ3v) is 5.54. The maximum absolute atomic E-state index is 13.5. The number of piperidine rings is 1. The lowest BCUT2D eigenvalue weighted by Gasteiger charge is -2.33. The fourth-order valence-corrected chi connectivity index (χ4v) is 4.14. The summed E-state index contributed by atoms with van der Waals surface area (Å²) in [5, 5.41) is 9.79. The van der Waals surface area contributed by atoms with Gasteiger partial charge in [-0.15, -0.1) is 0 Å². The Morgan fingerprint density at radius 3 is 2.43 bits per heavy atom. The van der Waals surface area contributed by atoms with Gasteiger partial charge in [0.2, 0.25) is 6.29 Å². The van der Waals surface area contributed by atoms with E-state index < -0.39 is 0 Å². The number of nitriles is 1. The number of aldehydes is 1. The molecule has 1 atom stereocenters. The molecule has 0 bridgehead atoms. The van der Waals surface area contributed by atoms with Crippen molar-refractivity contribution in [2.24, 2.45) is 0 Å². The lowest BCUT2D eigenvalue weighted by molar-refractivity contribution is -0.105. The van der Waals surface area contributed by atoms with E-state index in [4.69, 9.17) is 0 Å². The average Bonchev–Trinajstić information content (AvgIpc) is 3.19. The largest absolute Gasteiger partial charge is 0.370 e. The first-order chi connectivity index (χ1) is 13.7. The number of rotatable bonds is 4. The Labute approximate surface area is 164 Å². The smallest absolute Gasteiger partial charge is 0.204 e. The number of carbonyl (C=O) groups is 1. The molecule has 1 fully saturated rings. The summed E-state index contributed by atoms with van der Waals surface area (Å²) in [6, 6.07) is 14.2. The Balaban J connectivity index is 1.85. The van der Waals surface area contributed by atoms with Crippen LogP contribution in [-0.2, 0) is 4.79 Å². The summed E-state index contributed by atoms with van der Waals surface area (Å²) >= 11 is 0. The van der Waals surface area contributed by atoms with Crippen LogP contribution < -0.4 is 9.38 Å². The zero-order valence-electron chi connectivity index (χ0n) is 15.5. The molecule has 2 aromatic carbocycles. The minimum Gasteiger partial charge on any atom is -0.370 e. The molecule has 0 aromatic heterocycles. The van der Waals surface area contributed by atoms with Crippen molar-refractivity contribution in [1.29, 1.82) is 5.26 Å². The molecule has 0 N–H and O–H groups in total. The molecule has 2 aromatic rings. The van der Waals surface area contributed by atoms with Crippen molar-refractivity contribution in [2.75, 3.05) is 18.0 Å². The summed E-state index contributed by atoms with van der Waals surface area (Å²) < 4.78 is 13.5. The Kier molecular flexibility index (Phi) is 4.81. The Hall–Kier alpha value is -3.23. The number of halogens is 1. The monoisotopic (exact) mass is 374 g/mol. The van der Waals surface area contributed by atoms with Gasteiger partial charge in [-0.1, -0.05) is 0 Å². The number of allylic oxidation sites excluding steroid dienone is 3. The van der Waals surface area contributed by atoms with Crippen LogP contribution in [0.5, 0.6) is 0 Å². The van der Waals surface area contributed by atoms with Gasteiger partial charge in [-0.3, -0.25) is 4.79 Å². The van der Waals surface area contributed by atoms with Gasteiger partial charge in [-0.25, -0.2) is 4.39 Å². The normalized spacial score (nSPS) is 21.3. The SMILES string of the molecule is N#Cc1cc([N+]2(c3ccc(F)cc3)C=CC=C2C=O)ccc1N1CCCCC1. The molecular formula is C23H21FN3O+. The predicted octanol–water partition coefficient (Wildman–Crippen LogP) is 4.94. The molecule has 0 aliphatic carbocycles. The van der Waals surface area contributed by atoms with E-state index in [0.29, 0.717) is 11.3 Å². The van der Waals surface area contributed by atoms with Crippen LogP contribution >= 0.6 is 0 Å². The molecule has 28 heavy (non-hydrogen) atoms. The van der Waals surface area contributed by atoms with E-state index >= 15 is 0 Å². The molecule has 0 radical (unpaired) electrons. The second-order valence-corrected chi connectivity index (χ2v) is 7.11. The van der Waals surface area contributed by atoms with Gasteiger partial charge in [0, 0.05) is 43.4 Å². The number of benzene rings is 2. The van der Waals surface area contributed by atoms with Crippen LogP contribution in [-0.4, -0.2) is 19.4 Å². The fourth-order valence-electron chi connectivity index (χ4n) is 4.14. The number of anilines is 1. The minimum absolute atomic E-state index is 0.0404. The van der Waals surface area contributed by atoms with E-state index in [0.717, 1.165) is 49.3 Å². The summed E-state index contributed by atoms with van der Waals surface area (Å²) in [6.07, 6.45) is 9.74. The standard InChI is InChI=1S/C23H21FN3O/c24-19-6-8-20(9-7-19)27(14-4-5-22(27)17-28)21-10-11-23(18(15-21)16-25)26-12-2-1-3-13-26/h4-11,14-15,17H,1-3,12-13H2/q+1. The number of carbonyl (C=O) groups excluding carboxylic acids is 1. The fraction of sp³-hybridized carbons (Fsp3) is 0.217. The first kappa shape index (κ1) is 18.1. The number of quaternary nitrogens is 1. The van der Waals surface area contributed by atoms with Crippen LogP contribution in [0.2, 0.25) is 0 Å². The van der Waals surface area contributed by atoms with E-state index in [2.05, 4.69) is 11.0 Å². The van der Waals surface area contributed by atoms with Gasteiger partial charge >= 0.3 is 0 Å². The third kappa shape index (κ3) is 2.92. The highest BCUT2D eigenvalue weighted by Crippen LogP contribution is 2.43. The summed E-state index contributed by atoms with van der Waals surface area (Å²) in [4.78, 5) is 14.1. The minimum atomic E-state index is -0.333. The lowest BCUT2D eigenvalue weighted by Crippen LogP contribution is -2.36. The predicted molar refractivity (Wildman–Crippen MR) is 108 cm³/mol. The Bertz CT molecular complexity index is 997. The van der Waals surface area contributed by atoms with Crippen molar-refractivity contribution in [3.05, 3.63) is 77.9 Å². The molecule has 4 nitrogen and oxygen atoms in total.